The van der Waals surface area contributed by atoms with Crippen LogP contribution in [0.5, 0.6) is 11.5 Å². The van der Waals surface area contributed by atoms with Crippen molar-refractivity contribution >= 4 is 22.2 Å². The number of carbonyl (C=O) groups excluding carboxylic acids is 1. The Kier molecular flexibility index (Phi) is 3.62. The molecule has 0 saturated heterocycles. The predicted octanol–water partition coefficient (Wildman–Crippen LogP) is 0.887. The predicted molar refractivity (Wildman–Crippen MR) is 92.0 cm³/mol. The van der Waals surface area contributed by atoms with Gasteiger partial charge in [-0.2, -0.15) is 0 Å². The van der Waals surface area contributed by atoms with Crippen LogP contribution < -0.4 is 20.3 Å². The van der Waals surface area contributed by atoms with Crippen LogP contribution in [0.4, 0.5) is 5.00 Å². The van der Waals surface area contributed by atoms with E-state index in [1.165, 1.54) is 22.5 Å². The highest BCUT2D eigenvalue weighted by Gasteiger charge is 2.34. The lowest BCUT2D eigenvalue weighted by atomic mass is 10.0. The molecule has 1 aromatic heterocycles. The standard InChI is InChI=1S/C17H19N3O3S/c1-20-6-5-10-13(8-20)24-17-14(10)16(22)18-15(19-17)9-3-4-11(21)12(7-9)23-2/h3-4,7,15,19,21H,5-6,8H2,1-2H3,(H,18,22)/p+1. The van der Waals surface area contributed by atoms with Crippen molar-refractivity contribution in [3.63, 3.8) is 0 Å². The molecule has 2 aliphatic heterocycles. The van der Waals surface area contributed by atoms with Crippen LogP contribution in [0.15, 0.2) is 18.2 Å². The zero-order valence-corrected chi connectivity index (χ0v) is 14.4. The molecule has 1 aromatic carbocycles. The summed E-state index contributed by atoms with van der Waals surface area (Å²) >= 11 is 1.68. The number of likely N-dealkylation sites (N-methyl/N-ethyl adjacent to an activating group) is 1. The molecular formula is C17H20N3O3S+. The van der Waals surface area contributed by atoms with Crippen molar-refractivity contribution in [2.45, 2.75) is 19.1 Å². The van der Waals surface area contributed by atoms with Crippen molar-refractivity contribution in [2.75, 3.05) is 26.0 Å². The zero-order chi connectivity index (χ0) is 16.8. The molecule has 0 radical (unpaired) electrons. The molecule has 2 aromatic rings. The first-order valence-electron chi connectivity index (χ1n) is 7.97. The van der Waals surface area contributed by atoms with E-state index in [1.807, 2.05) is 0 Å². The topological polar surface area (TPSA) is 75.0 Å². The number of amides is 1. The van der Waals surface area contributed by atoms with Gasteiger partial charge in [-0.05, 0) is 23.3 Å². The highest BCUT2D eigenvalue weighted by molar-refractivity contribution is 7.16. The van der Waals surface area contributed by atoms with Gasteiger partial charge in [-0.3, -0.25) is 4.79 Å². The summed E-state index contributed by atoms with van der Waals surface area (Å²) in [5, 5.41) is 17.1. The van der Waals surface area contributed by atoms with E-state index in [-0.39, 0.29) is 17.8 Å². The number of hydrogen-bond donors (Lipinski definition) is 4. The first kappa shape index (κ1) is 15.3. The normalized spacial score (nSPS) is 22.2. The van der Waals surface area contributed by atoms with Gasteiger partial charge >= 0.3 is 0 Å². The molecule has 0 aliphatic carbocycles. The van der Waals surface area contributed by atoms with Crippen molar-refractivity contribution in [1.82, 2.24) is 5.32 Å². The van der Waals surface area contributed by atoms with E-state index in [9.17, 15) is 9.90 Å². The van der Waals surface area contributed by atoms with Gasteiger partial charge in [0.25, 0.3) is 5.91 Å². The van der Waals surface area contributed by atoms with Gasteiger partial charge in [0.2, 0.25) is 0 Å². The number of rotatable bonds is 2. The van der Waals surface area contributed by atoms with Crippen molar-refractivity contribution in [2.24, 2.45) is 0 Å². The number of fused-ring (bicyclic) bond motifs is 3. The van der Waals surface area contributed by atoms with Gasteiger partial charge in [0.15, 0.2) is 11.5 Å². The quantitative estimate of drug-likeness (QED) is 0.651. The lowest BCUT2D eigenvalue weighted by molar-refractivity contribution is -0.895. The molecule has 4 N–H and O–H groups in total. The van der Waals surface area contributed by atoms with E-state index >= 15 is 0 Å². The van der Waals surface area contributed by atoms with Crippen LogP contribution in [-0.2, 0) is 13.0 Å². The number of quaternary nitrogens is 1. The fourth-order valence-corrected chi connectivity index (χ4v) is 4.76. The number of thiophene rings is 1. The number of aromatic hydroxyl groups is 1. The minimum Gasteiger partial charge on any atom is -0.504 e. The summed E-state index contributed by atoms with van der Waals surface area (Å²) in [6.07, 6.45) is 0.615. The second-order valence-electron chi connectivity index (χ2n) is 6.32. The average molecular weight is 346 g/mol. The van der Waals surface area contributed by atoms with Gasteiger partial charge in [-0.1, -0.05) is 6.07 Å². The molecule has 0 saturated carbocycles. The fourth-order valence-electron chi connectivity index (χ4n) is 3.37. The number of nitrogens with one attached hydrogen (secondary N) is 3. The second kappa shape index (κ2) is 5.68. The fraction of sp³-hybridized carbons (Fsp3) is 0.353. The van der Waals surface area contributed by atoms with Crippen molar-refractivity contribution in [3.8, 4) is 11.5 Å². The maximum absolute atomic E-state index is 12.7. The van der Waals surface area contributed by atoms with Crippen LogP contribution in [0.25, 0.3) is 0 Å². The Balaban J connectivity index is 1.68. The Morgan fingerprint density at radius 3 is 3.00 bits per heavy atom. The molecule has 0 fully saturated rings. The Hall–Kier alpha value is -2.25. The molecule has 0 bridgehead atoms. The SMILES string of the molecule is COc1cc(C2NC(=O)c3c(sc4c3CC[NH+](C)C4)N2)ccc1O. The number of hydrogen-bond acceptors (Lipinski definition) is 5. The summed E-state index contributed by atoms with van der Waals surface area (Å²) in [5.41, 5.74) is 2.86. The van der Waals surface area contributed by atoms with Crippen molar-refractivity contribution < 1.29 is 19.5 Å². The molecule has 0 spiro atoms. The minimum atomic E-state index is -0.329. The van der Waals surface area contributed by atoms with E-state index in [2.05, 4.69) is 17.7 Å². The van der Waals surface area contributed by atoms with E-state index in [1.54, 1.807) is 29.5 Å². The summed E-state index contributed by atoms with van der Waals surface area (Å²) in [5.74, 6) is 0.449. The molecule has 7 heteroatoms. The largest absolute Gasteiger partial charge is 0.504 e. The smallest absolute Gasteiger partial charge is 0.256 e. The molecule has 2 unspecified atom stereocenters. The molecule has 2 atom stereocenters. The van der Waals surface area contributed by atoms with Crippen LogP contribution in [0.3, 0.4) is 0 Å². The number of ether oxygens (including phenoxy) is 1. The number of phenolic OH excluding ortho intramolecular Hbond substituents is 1. The zero-order valence-electron chi connectivity index (χ0n) is 13.6. The van der Waals surface area contributed by atoms with E-state index in [0.717, 1.165) is 35.6 Å². The summed E-state index contributed by atoms with van der Waals surface area (Å²) < 4.78 is 5.16. The van der Waals surface area contributed by atoms with Gasteiger partial charge in [0.1, 0.15) is 17.7 Å². The van der Waals surface area contributed by atoms with Crippen LogP contribution in [0, 0.1) is 0 Å². The highest BCUT2D eigenvalue weighted by atomic mass is 32.1. The summed E-state index contributed by atoms with van der Waals surface area (Å²) in [6, 6.07) is 5.10. The molecule has 3 heterocycles. The van der Waals surface area contributed by atoms with Crippen molar-refractivity contribution in [1.29, 1.82) is 0 Å². The summed E-state index contributed by atoms with van der Waals surface area (Å²) in [6.45, 7) is 2.03. The Labute approximate surface area is 144 Å². The monoisotopic (exact) mass is 346 g/mol. The number of carbonyl (C=O) groups is 1. The van der Waals surface area contributed by atoms with E-state index < -0.39 is 0 Å². The van der Waals surface area contributed by atoms with E-state index in [4.69, 9.17) is 4.74 Å². The lowest BCUT2D eigenvalue weighted by Gasteiger charge is -2.27. The van der Waals surface area contributed by atoms with Gasteiger partial charge in [-0.15, -0.1) is 11.3 Å². The van der Waals surface area contributed by atoms with Crippen LogP contribution in [-0.4, -0.2) is 31.7 Å². The number of benzene rings is 1. The number of anilines is 1. The number of phenols is 1. The molecule has 24 heavy (non-hydrogen) atoms. The molecule has 1 amide bonds. The third kappa shape index (κ3) is 2.40. The minimum absolute atomic E-state index is 0.0298. The van der Waals surface area contributed by atoms with Gasteiger partial charge < -0.3 is 25.4 Å². The first-order chi connectivity index (χ1) is 11.6. The van der Waals surface area contributed by atoms with Crippen LogP contribution >= 0.6 is 11.3 Å². The Bertz CT molecular complexity index is 818. The molecular weight excluding hydrogens is 326 g/mol. The molecule has 126 valence electrons. The van der Waals surface area contributed by atoms with Crippen molar-refractivity contribution in [3.05, 3.63) is 39.8 Å². The van der Waals surface area contributed by atoms with Crippen LogP contribution in [0.2, 0.25) is 0 Å². The maximum Gasteiger partial charge on any atom is 0.256 e. The van der Waals surface area contributed by atoms with Crippen LogP contribution in [0.1, 0.15) is 32.5 Å². The summed E-state index contributed by atoms with van der Waals surface area (Å²) in [7, 11) is 3.69. The van der Waals surface area contributed by atoms with E-state index in [0.29, 0.717) is 5.75 Å². The molecule has 4 rings (SSSR count). The van der Waals surface area contributed by atoms with Gasteiger partial charge in [0.05, 0.1) is 31.1 Å². The lowest BCUT2D eigenvalue weighted by Crippen LogP contribution is -3.08. The maximum atomic E-state index is 12.7. The third-order valence-corrected chi connectivity index (χ3v) is 5.83. The highest BCUT2D eigenvalue weighted by Crippen LogP contribution is 2.39. The summed E-state index contributed by atoms with van der Waals surface area (Å²) in [4.78, 5) is 15.4. The van der Waals surface area contributed by atoms with Gasteiger partial charge in [-0.25, -0.2) is 0 Å². The second-order valence-corrected chi connectivity index (χ2v) is 7.43. The third-order valence-electron chi connectivity index (χ3n) is 4.67. The number of methoxy groups -OCH3 is 1. The Morgan fingerprint density at radius 2 is 2.21 bits per heavy atom. The average Bonchev–Trinajstić information content (AvgIpc) is 2.92. The Morgan fingerprint density at radius 1 is 1.38 bits per heavy atom. The molecule has 2 aliphatic rings. The molecule has 6 nitrogen and oxygen atoms in total. The van der Waals surface area contributed by atoms with Gasteiger partial charge in [0, 0.05) is 6.42 Å². The first-order valence-corrected chi connectivity index (χ1v) is 8.78.